The molecule has 10 rings (SSSR count). The Bertz CT molecular complexity index is 3140. The van der Waals surface area contributed by atoms with Crippen molar-refractivity contribution in [2.45, 2.75) is 20.8 Å². The van der Waals surface area contributed by atoms with Gasteiger partial charge in [0.1, 0.15) is 24.9 Å². The molecule has 9 nitrogen and oxygen atoms in total. The van der Waals surface area contributed by atoms with Gasteiger partial charge in [0.2, 0.25) is 0 Å². The third kappa shape index (κ3) is 6.22. The highest BCUT2D eigenvalue weighted by Gasteiger charge is 2.29. The van der Waals surface area contributed by atoms with E-state index >= 15 is 0 Å². The molecule has 0 spiro atoms. The molecule has 3 aliphatic heterocycles. The lowest BCUT2D eigenvalue weighted by molar-refractivity contribution is -0.132. The van der Waals surface area contributed by atoms with Gasteiger partial charge in [0.25, 0.3) is 0 Å². The van der Waals surface area contributed by atoms with Crippen LogP contribution in [0, 0.1) is 32.1 Å². The zero-order valence-corrected chi connectivity index (χ0v) is 34.5. The molecule has 0 unspecified atom stereocenters. The molecule has 0 saturated carbocycles. The third-order valence-electron chi connectivity index (χ3n) is 9.99. The quantitative estimate of drug-likeness (QED) is 0.112. The first-order valence-corrected chi connectivity index (χ1v) is 21.6. The van der Waals surface area contributed by atoms with Gasteiger partial charge in [-0.25, -0.2) is 14.8 Å². The second kappa shape index (κ2) is 14.3. The summed E-state index contributed by atoms with van der Waals surface area (Å²) in [5.41, 5.74) is 10.00. The van der Waals surface area contributed by atoms with Crippen LogP contribution in [0.5, 0.6) is 11.5 Å². The third-order valence-corrected chi connectivity index (χ3v) is 14.2. The van der Waals surface area contributed by atoms with Crippen molar-refractivity contribution < 1.29 is 19.4 Å². The van der Waals surface area contributed by atoms with E-state index in [1.165, 1.54) is 32.0 Å². The van der Waals surface area contributed by atoms with E-state index in [4.69, 9.17) is 19.4 Å². The molecule has 58 heavy (non-hydrogen) atoms. The zero-order chi connectivity index (χ0) is 39.7. The molecule has 13 heteroatoms. The van der Waals surface area contributed by atoms with Crippen LogP contribution in [0.15, 0.2) is 66.2 Å². The van der Waals surface area contributed by atoms with Crippen LogP contribution < -0.4 is 9.47 Å². The number of carbonyl (C=O) groups is 1. The van der Waals surface area contributed by atoms with Crippen molar-refractivity contribution in [1.82, 2.24) is 19.9 Å². The van der Waals surface area contributed by atoms with Gasteiger partial charge in [-0.1, -0.05) is 0 Å². The predicted octanol–water partition coefficient (Wildman–Crippen LogP) is 12.3. The summed E-state index contributed by atoms with van der Waals surface area (Å²) in [4.78, 5) is 38.3. The molecule has 0 aromatic carbocycles. The van der Waals surface area contributed by atoms with Gasteiger partial charge in [-0.15, -0.1) is 45.3 Å². The minimum atomic E-state index is -1.32. The highest BCUT2D eigenvalue weighted by atomic mass is 32.1. The molecule has 0 saturated heterocycles. The summed E-state index contributed by atoms with van der Waals surface area (Å²) in [5, 5.41) is 19.5. The monoisotopic (exact) mass is 833 g/mol. The maximum atomic E-state index is 12.0. The number of nitriles is 1. The van der Waals surface area contributed by atoms with Gasteiger partial charge >= 0.3 is 5.97 Å². The largest absolute Gasteiger partial charge is 0.485 e. The minimum Gasteiger partial charge on any atom is -0.485 e. The zero-order valence-electron chi connectivity index (χ0n) is 31.2. The molecule has 3 N–H and O–H groups in total. The lowest BCUT2D eigenvalue weighted by Gasteiger charge is -2.17. The summed E-state index contributed by atoms with van der Waals surface area (Å²) in [6.45, 7) is 6.92. The van der Waals surface area contributed by atoms with Gasteiger partial charge in [0.15, 0.2) is 11.5 Å². The molecular weight excluding hydrogens is 803 g/mol. The molecule has 7 aromatic rings. The average molecular weight is 834 g/mol. The van der Waals surface area contributed by atoms with Crippen LogP contribution in [-0.4, -0.2) is 44.2 Å². The van der Waals surface area contributed by atoms with Crippen molar-refractivity contribution in [1.29, 1.82) is 5.26 Å². The van der Waals surface area contributed by atoms with Crippen molar-refractivity contribution in [3.63, 3.8) is 0 Å². The van der Waals surface area contributed by atoms with Crippen LogP contribution in [0.1, 0.15) is 42.3 Å². The van der Waals surface area contributed by atoms with E-state index in [0.717, 1.165) is 76.0 Å². The number of nitrogens with one attached hydrogen (secondary N) is 2. The average Bonchev–Trinajstić information content (AvgIpc) is 4.06. The molecule has 0 atom stereocenters. The number of hydrogen-bond donors (Lipinski definition) is 3. The summed E-state index contributed by atoms with van der Waals surface area (Å²) in [7, 11) is 0. The maximum Gasteiger partial charge on any atom is 0.346 e. The standard InChI is InChI=1S/C45H31N5O4S4/c1-22-4-15-34(55-22)38-26-7-9-28(47-26)39(35-16-5-23(2)56-35)30-11-13-32(49-30)41(44-43-42(53-18-19-54-43)37(58-44)20-25(21-46)45(51)52)33-14-12-31(50-33)40(29-10-8-27(38)48-29)36-17-6-24(3)57-36/h4-17,20,47,50H,18-19H2,1-3H3,(H,51,52)/b25-20+,38-26?,38-27?,39-28?,39-30?,40-29?,40-31?,41-32?,41-33?. The van der Waals surface area contributed by atoms with Crippen LogP contribution in [-0.2, 0) is 4.79 Å². The number of aliphatic carboxylic acids is 1. The van der Waals surface area contributed by atoms with E-state index in [1.54, 1.807) is 40.1 Å². The first-order valence-electron chi connectivity index (χ1n) is 18.4. The Morgan fingerprint density at radius 3 is 1.45 bits per heavy atom. The number of aromatic amines is 2. The first-order chi connectivity index (χ1) is 28.2. The maximum absolute atomic E-state index is 12.0. The Morgan fingerprint density at radius 1 is 0.638 bits per heavy atom. The molecule has 0 radical (unpaired) electrons. The molecule has 0 aliphatic carbocycles. The van der Waals surface area contributed by atoms with Crippen molar-refractivity contribution in [2.75, 3.05) is 13.2 Å². The van der Waals surface area contributed by atoms with Crippen LogP contribution in [0.2, 0.25) is 0 Å². The number of H-pyrrole nitrogens is 2. The number of hydrogen-bond acceptors (Lipinski definition) is 10. The van der Waals surface area contributed by atoms with Crippen molar-refractivity contribution >= 4 is 104 Å². The lowest BCUT2D eigenvalue weighted by Crippen LogP contribution is -2.15. The molecule has 10 heterocycles. The fraction of sp³-hybridized carbons (Fsp3) is 0.111. The smallest absolute Gasteiger partial charge is 0.346 e. The molecule has 284 valence electrons. The van der Waals surface area contributed by atoms with Gasteiger partial charge in [0.05, 0.1) is 32.5 Å². The van der Waals surface area contributed by atoms with E-state index in [9.17, 15) is 15.2 Å². The summed E-state index contributed by atoms with van der Waals surface area (Å²) in [6.07, 6.45) is 9.61. The topological polar surface area (TPSA) is 137 Å². The van der Waals surface area contributed by atoms with Gasteiger partial charge < -0.3 is 24.5 Å². The van der Waals surface area contributed by atoms with Gasteiger partial charge in [-0.05, 0) is 112 Å². The van der Waals surface area contributed by atoms with Crippen LogP contribution >= 0.6 is 45.3 Å². The number of carboxylic acid groups (broad SMARTS) is 1. The number of carboxylic acids is 1. The van der Waals surface area contributed by atoms with Crippen molar-refractivity contribution in [3.05, 3.63) is 109 Å². The highest BCUT2D eigenvalue weighted by Crippen LogP contribution is 2.52. The summed E-state index contributed by atoms with van der Waals surface area (Å²) < 4.78 is 12.4. The summed E-state index contributed by atoms with van der Waals surface area (Å²) in [6, 6.07) is 23.0. The second-order valence-electron chi connectivity index (χ2n) is 13.9. The van der Waals surface area contributed by atoms with Crippen LogP contribution in [0.25, 0.3) is 94.2 Å². The van der Waals surface area contributed by atoms with Gasteiger partial charge in [-0.2, -0.15) is 5.26 Å². The molecule has 7 aromatic heterocycles. The number of ether oxygens (including phenoxy) is 2. The highest BCUT2D eigenvalue weighted by molar-refractivity contribution is 7.17. The van der Waals surface area contributed by atoms with Gasteiger partial charge in [-0.3, -0.25) is 0 Å². The van der Waals surface area contributed by atoms with E-state index in [0.29, 0.717) is 33.6 Å². The fourth-order valence-corrected chi connectivity index (χ4v) is 11.4. The van der Waals surface area contributed by atoms with E-state index < -0.39 is 11.5 Å². The lowest BCUT2D eigenvalue weighted by atomic mass is 10.1. The van der Waals surface area contributed by atoms with Crippen molar-refractivity contribution in [3.8, 4) is 59.3 Å². The van der Waals surface area contributed by atoms with E-state index in [-0.39, 0.29) is 6.61 Å². The Morgan fingerprint density at radius 2 is 1.05 bits per heavy atom. The number of fused-ring (bicyclic) bond motifs is 9. The molecule has 0 amide bonds. The predicted molar refractivity (Wildman–Crippen MR) is 239 cm³/mol. The number of aromatic nitrogens is 4. The first kappa shape index (κ1) is 36.1. The Hall–Kier alpha value is -6.30. The Kier molecular flexibility index (Phi) is 8.87. The number of aryl methyl sites for hydroxylation is 3. The Labute approximate surface area is 348 Å². The van der Waals surface area contributed by atoms with E-state index in [2.05, 4.69) is 97.5 Å². The summed E-state index contributed by atoms with van der Waals surface area (Å²) >= 11 is 6.47. The minimum absolute atomic E-state index is 0.287. The Balaban J connectivity index is 1.37. The number of nitrogens with zero attached hydrogens (tertiary/aromatic N) is 3. The molecule has 0 fully saturated rings. The van der Waals surface area contributed by atoms with Crippen LogP contribution in [0.3, 0.4) is 0 Å². The molecule has 8 bridgehead atoms. The summed E-state index contributed by atoms with van der Waals surface area (Å²) in [5.74, 6) is -0.432. The molecule has 3 aliphatic rings. The fourth-order valence-electron chi connectivity index (χ4n) is 7.43. The van der Waals surface area contributed by atoms with Gasteiger partial charge in [0, 0.05) is 73.6 Å². The number of rotatable bonds is 6. The molecular formula is C45H31N5O4S4. The van der Waals surface area contributed by atoms with E-state index in [1.807, 2.05) is 18.2 Å². The SMILES string of the molecule is Cc1ccc(-c2c3nc(c(-c4ccc(C)s4)c4ccc([nH]4)c(-c4sc(/C=C(\C#N)C(=O)O)c5c4OCCO5)c4nc(c(-c5ccc(C)s5)c5ccc2[nH]5)C=C4)C=C3)s1. The second-order valence-corrected chi connectivity index (χ2v) is 18.8. The number of thiophene rings is 4. The normalized spacial score (nSPS) is 13.3. The van der Waals surface area contributed by atoms with Crippen LogP contribution in [0.4, 0.5) is 0 Å². The van der Waals surface area contributed by atoms with Crippen molar-refractivity contribution in [2.24, 2.45) is 0 Å².